The summed E-state index contributed by atoms with van der Waals surface area (Å²) in [5.74, 6) is -0.168. The molecular weight excluding hydrogens is 254 g/mol. The SMILES string of the molecule is CC(=NO)c1csc(NC(=O)C2CCC(C)O2)n1. The first-order chi connectivity index (χ1) is 8.60. The number of amides is 1. The second-order valence-electron chi connectivity index (χ2n) is 4.23. The van der Waals surface area contributed by atoms with E-state index in [-0.39, 0.29) is 18.1 Å². The highest BCUT2D eigenvalue weighted by Crippen LogP contribution is 2.22. The summed E-state index contributed by atoms with van der Waals surface area (Å²) < 4.78 is 5.47. The largest absolute Gasteiger partial charge is 0.411 e. The number of nitrogens with zero attached hydrogens (tertiary/aromatic N) is 2. The van der Waals surface area contributed by atoms with Crippen molar-refractivity contribution in [2.24, 2.45) is 5.16 Å². The zero-order valence-electron chi connectivity index (χ0n) is 10.2. The van der Waals surface area contributed by atoms with Crippen LogP contribution in [0.4, 0.5) is 5.13 Å². The van der Waals surface area contributed by atoms with Gasteiger partial charge in [0.05, 0.1) is 6.10 Å². The highest BCUT2D eigenvalue weighted by atomic mass is 32.1. The van der Waals surface area contributed by atoms with Gasteiger partial charge in [0.15, 0.2) is 5.13 Å². The van der Waals surface area contributed by atoms with Crippen LogP contribution in [-0.4, -0.2) is 34.0 Å². The second-order valence-corrected chi connectivity index (χ2v) is 5.08. The van der Waals surface area contributed by atoms with Crippen molar-refractivity contribution in [3.05, 3.63) is 11.1 Å². The van der Waals surface area contributed by atoms with Gasteiger partial charge >= 0.3 is 0 Å². The van der Waals surface area contributed by atoms with Crippen molar-refractivity contribution in [1.29, 1.82) is 0 Å². The molecule has 6 nitrogen and oxygen atoms in total. The molecule has 2 heterocycles. The Balaban J connectivity index is 1.97. The van der Waals surface area contributed by atoms with Crippen LogP contribution in [0.25, 0.3) is 0 Å². The maximum atomic E-state index is 11.9. The van der Waals surface area contributed by atoms with Gasteiger partial charge in [-0.25, -0.2) is 4.98 Å². The number of nitrogens with one attached hydrogen (secondary N) is 1. The van der Waals surface area contributed by atoms with Crippen LogP contribution in [0.1, 0.15) is 32.4 Å². The lowest BCUT2D eigenvalue weighted by Gasteiger charge is -2.09. The standard InChI is InChI=1S/C11H15N3O3S/c1-6-3-4-9(17-6)10(15)13-11-12-8(5-18-11)7(2)14-16/h5-6,9,16H,3-4H2,1-2H3,(H,12,13,15). The molecule has 0 aliphatic carbocycles. The van der Waals surface area contributed by atoms with Crippen LogP contribution in [-0.2, 0) is 9.53 Å². The van der Waals surface area contributed by atoms with Gasteiger partial charge in [0.1, 0.15) is 17.5 Å². The smallest absolute Gasteiger partial charge is 0.255 e. The van der Waals surface area contributed by atoms with Gasteiger partial charge in [-0.2, -0.15) is 0 Å². The van der Waals surface area contributed by atoms with Crippen LogP contribution in [0.2, 0.25) is 0 Å². The Hall–Kier alpha value is -1.47. The van der Waals surface area contributed by atoms with Crippen molar-refractivity contribution < 1.29 is 14.7 Å². The van der Waals surface area contributed by atoms with Gasteiger partial charge in [0.25, 0.3) is 5.91 Å². The number of aromatic nitrogens is 1. The molecule has 1 amide bonds. The number of thiazole rings is 1. The maximum absolute atomic E-state index is 11.9. The molecule has 2 atom stereocenters. The fourth-order valence-corrected chi connectivity index (χ4v) is 2.49. The topological polar surface area (TPSA) is 83.8 Å². The molecule has 0 spiro atoms. The van der Waals surface area contributed by atoms with Crippen LogP contribution in [0.5, 0.6) is 0 Å². The van der Waals surface area contributed by atoms with Crippen LogP contribution in [0, 0.1) is 0 Å². The van der Waals surface area contributed by atoms with E-state index in [4.69, 9.17) is 9.94 Å². The molecule has 2 unspecified atom stereocenters. The molecular formula is C11H15N3O3S. The summed E-state index contributed by atoms with van der Waals surface area (Å²) in [6.45, 7) is 3.60. The first kappa shape index (κ1) is 13.0. The molecule has 1 aromatic heterocycles. The molecule has 0 bridgehead atoms. The maximum Gasteiger partial charge on any atom is 0.255 e. The quantitative estimate of drug-likeness (QED) is 0.498. The molecule has 0 radical (unpaired) electrons. The minimum absolute atomic E-state index is 0.136. The highest BCUT2D eigenvalue weighted by Gasteiger charge is 2.28. The molecule has 2 N–H and O–H groups in total. The van der Waals surface area contributed by atoms with Crippen LogP contribution >= 0.6 is 11.3 Å². The van der Waals surface area contributed by atoms with Crippen molar-refractivity contribution in [1.82, 2.24) is 4.98 Å². The van der Waals surface area contributed by atoms with Crippen molar-refractivity contribution in [3.63, 3.8) is 0 Å². The van der Waals surface area contributed by atoms with Gasteiger partial charge in [-0.3, -0.25) is 10.1 Å². The number of hydrogen-bond donors (Lipinski definition) is 2. The Morgan fingerprint density at radius 3 is 3.06 bits per heavy atom. The van der Waals surface area contributed by atoms with E-state index in [1.54, 1.807) is 12.3 Å². The number of carbonyl (C=O) groups excluding carboxylic acids is 1. The summed E-state index contributed by atoms with van der Waals surface area (Å²) in [5.41, 5.74) is 0.969. The number of rotatable bonds is 3. The fourth-order valence-electron chi connectivity index (χ4n) is 1.73. The first-order valence-electron chi connectivity index (χ1n) is 5.71. The second kappa shape index (κ2) is 5.45. The average Bonchev–Trinajstić information content (AvgIpc) is 2.97. The summed E-state index contributed by atoms with van der Waals surface area (Å²) in [5, 5.41) is 16.6. The lowest BCUT2D eigenvalue weighted by molar-refractivity contribution is -0.126. The van der Waals surface area contributed by atoms with Crippen LogP contribution < -0.4 is 5.32 Å². The molecule has 7 heteroatoms. The van der Waals surface area contributed by atoms with E-state index >= 15 is 0 Å². The number of oxime groups is 1. The zero-order chi connectivity index (χ0) is 13.1. The van der Waals surface area contributed by atoms with E-state index in [1.165, 1.54) is 11.3 Å². The fraction of sp³-hybridized carbons (Fsp3) is 0.545. The average molecular weight is 269 g/mol. The Kier molecular flexibility index (Phi) is 3.93. The summed E-state index contributed by atoms with van der Waals surface area (Å²) in [6.07, 6.45) is 1.39. The molecule has 18 heavy (non-hydrogen) atoms. The van der Waals surface area contributed by atoms with Crippen molar-refractivity contribution in [2.45, 2.75) is 38.9 Å². The number of ether oxygens (including phenoxy) is 1. The van der Waals surface area contributed by atoms with E-state index < -0.39 is 0 Å². The Bertz CT molecular complexity index is 472. The predicted octanol–water partition coefficient (Wildman–Crippen LogP) is 1.85. The van der Waals surface area contributed by atoms with Crippen LogP contribution in [0.15, 0.2) is 10.5 Å². The van der Waals surface area contributed by atoms with Gasteiger partial charge in [-0.15, -0.1) is 11.3 Å². The summed E-state index contributed by atoms with van der Waals surface area (Å²) in [6, 6.07) is 0. The lowest BCUT2D eigenvalue weighted by atomic mass is 10.2. The molecule has 1 aliphatic heterocycles. The zero-order valence-corrected chi connectivity index (χ0v) is 11.0. The van der Waals surface area contributed by atoms with Gasteiger partial charge in [-0.05, 0) is 26.7 Å². The monoisotopic (exact) mass is 269 g/mol. The minimum Gasteiger partial charge on any atom is -0.411 e. The summed E-state index contributed by atoms with van der Waals surface area (Å²) in [4.78, 5) is 16.0. The van der Waals surface area contributed by atoms with Gasteiger partial charge in [0, 0.05) is 5.38 Å². The molecule has 0 saturated carbocycles. The van der Waals surface area contributed by atoms with E-state index in [0.717, 1.165) is 12.8 Å². The molecule has 1 aromatic rings. The van der Waals surface area contributed by atoms with Crippen molar-refractivity contribution >= 4 is 28.1 Å². The number of hydrogen-bond acceptors (Lipinski definition) is 6. The highest BCUT2D eigenvalue weighted by molar-refractivity contribution is 7.14. The summed E-state index contributed by atoms with van der Waals surface area (Å²) >= 11 is 1.29. The Morgan fingerprint density at radius 2 is 2.44 bits per heavy atom. The number of anilines is 1. The Labute approximate surface area is 109 Å². The van der Waals surface area contributed by atoms with Crippen molar-refractivity contribution in [3.8, 4) is 0 Å². The normalized spacial score (nSPS) is 24.2. The molecule has 1 aliphatic rings. The third-order valence-corrected chi connectivity index (χ3v) is 3.54. The van der Waals surface area contributed by atoms with Crippen molar-refractivity contribution in [2.75, 3.05) is 5.32 Å². The van der Waals surface area contributed by atoms with E-state index in [0.29, 0.717) is 16.5 Å². The third kappa shape index (κ3) is 2.85. The third-order valence-electron chi connectivity index (χ3n) is 2.78. The lowest BCUT2D eigenvalue weighted by Crippen LogP contribution is -2.27. The molecule has 1 fully saturated rings. The summed E-state index contributed by atoms with van der Waals surface area (Å²) in [7, 11) is 0. The minimum atomic E-state index is -0.389. The predicted molar refractivity (Wildman–Crippen MR) is 68.3 cm³/mol. The van der Waals surface area contributed by atoms with E-state index in [1.807, 2.05) is 6.92 Å². The molecule has 98 valence electrons. The van der Waals surface area contributed by atoms with Gasteiger partial charge < -0.3 is 9.94 Å². The van der Waals surface area contributed by atoms with E-state index in [9.17, 15) is 4.79 Å². The first-order valence-corrected chi connectivity index (χ1v) is 6.59. The Morgan fingerprint density at radius 1 is 1.67 bits per heavy atom. The number of carbonyl (C=O) groups is 1. The molecule has 0 aromatic carbocycles. The molecule has 1 saturated heterocycles. The molecule has 2 rings (SSSR count). The van der Waals surface area contributed by atoms with E-state index in [2.05, 4.69) is 15.5 Å². The van der Waals surface area contributed by atoms with Gasteiger partial charge in [-0.1, -0.05) is 5.16 Å². The van der Waals surface area contributed by atoms with Crippen LogP contribution in [0.3, 0.4) is 0 Å². The van der Waals surface area contributed by atoms with Gasteiger partial charge in [0.2, 0.25) is 0 Å².